The molecule has 0 bridgehead atoms. The van der Waals surface area contributed by atoms with Crippen molar-refractivity contribution < 1.29 is 5.11 Å². The monoisotopic (exact) mass is 239 g/mol. The predicted molar refractivity (Wildman–Crippen MR) is 75.9 cm³/mol. The summed E-state index contributed by atoms with van der Waals surface area (Å²) in [5, 5.41) is 10.1. The summed E-state index contributed by atoms with van der Waals surface area (Å²) in [4.78, 5) is 4.53. The van der Waals surface area contributed by atoms with Crippen LogP contribution in [0.25, 0.3) is 0 Å². The van der Waals surface area contributed by atoms with Gasteiger partial charge in [-0.25, -0.2) is 0 Å². The first kappa shape index (κ1) is 12.4. The predicted octanol–water partition coefficient (Wildman–Crippen LogP) is 4.15. The molecular weight excluding hydrogens is 222 g/mol. The van der Waals surface area contributed by atoms with Crippen LogP contribution in [0.3, 0.4) is 0 Å². The fourth-order valence-electron chi connectivity index (χ4n) is 1.99. The molecule has 0 fully saturated rings. The summed E-state index contributed by atoms with van der Waals surface area (Å²) in [5.74, 6) is 0.317. The highest BCUT2D eigenvalue weighted by molar-refractivity contribution is 6.02. The lowest BCUT2D eigenvalue weighted by atomic mass is 10.0. The Bertz CT molecular complexity index is 586. The normalized spacial score (nSPS) is 11.6. The molecule has 0 saturated carbocycles. The van der Waals surface area contributed by atoms with Gasteiger partial charge in [0.25, 0.3) is 0 Å². The Morgan fingerprint density at radius 1 is 1.06 bits per heavy atom. The van der Waals surface area contributed by atoms with E-state index in [0.717, 1.165) is 28.1 Å². The van der Waals surface area contributed by atoms with Gasteiger partial charge in [-0.05, 0) is 50.1 Å². The van der Waals surface area contributed by atoms with Gasteiger partial charge in [0.2, 0.25) is 0 Å². The van der Waals surface area contributed by atoms with Gasteiger partial charge in [0.1, 0.15) is 5.75 Å². The van der Waals surface area contributed by atoms with Gasteiger partial charge >= 0.3 is 0 Å². The van der Waals surface area contributed by atoms with Gasteiger partial charge in [0.05, 0.1) is 5.69 Å². The van der Waals surface area contributed by atoms with Gasteiger partial charge in [-0.15, -0.1) is 0 Å². The van der Waals surface area contributed by atoms with E-state index < -0.39 is 0 Å². The van der Waals surface area contributed by atoms with Crippen molar-refractivity contribution in [2.75, 3.05) is 0 Å². The molecule has 0 aliphatic heterocycles. The Morgan fingerprint density at radius 3 is 2.39 bits per heavy atom. The van der Waals surface area contributed by atoms with Crippen LogP contribution in [0.2, 0.25) is 0 Å². The average molecular weight is 239 g/mol. The van der Waals surface area contributed by atoms with Crippen molar-refractivity contribution in [1.29, 1.82) is 0 Å². The molecule has 0 amide bonds. The minimum Gasteiger partial charge on any atom is -0.507 e. The number of rotatable bonds is 2. The van der Waals surface area contributed by atoms with Crippen LogP contribution >= 0.6 is 0 Å². The van der Waals surface area contributed by atoms with Crippen molar-refractivity contribution in [3.8, 4) is 5.75 Å². The summed E-state index contributed by atoms with van der Waals surface area (Å²) in [6.45, 7) is 5.84. The maximum Gasteiger partial charge on any atom is 0.127 e. The van der Waals surface area contributed by atoms with E-state index in [0.29, 0.717) is 5.75 Å². The molecule has 2 rings (SSSR count). The molecule has 2 aromatic rings. The third-order valence-electron chi connectivity index (χ3n) is 2.89. The minimum absolute atomic E-state index is 0.317. The Kier molecular flexibility index (Phi) is 3.47. The first-order valence-electron chi connectivity index (χ1n) is 5.99. The third-order valence-corrected chi connectivity index (χ3v) is 2.89. The molecule has 0 radical (unpaired) electrons. The topological polar surface area (TPSA) is 32.6 Å². The van der Waals surface area contributed by atoms with E-state index in [2.05, 4.69) is 4.99 Å². The van der Waals surface area contributed by atoms with E-state index in [1.807, 2.05) is 63.2 Å². The van der Waals surface area contributed by atoms with Crippen molar-refractivity contribution in [3.63, 3.8) is 0 Å². The number of hydrogen-bond acceptors (Lipinski definition) is 2. The zero-order valence-corrected chi connectivity index (χ0v) is 10.9. The molecule has 2 heteroatoms. The smallest absolute Gasteiger partial charge is 0.127 e. The molecule has 92 valence electrons. The Balaban J connectivity index is 2.46. The van der Waals surface area contributed by atoms with Crippen molar-refractivity contribution in [2.24, 2.45) is 4.99 Å². The molecule has 1 N–H and O–H groups in total. The summed E-state index contributed by atoms with van der Waals surface area (Å²) in [7, 11) is 0. The summed E-state index contributed by atoms with van der Waals surface area (Å²) >= 11 is 0. The van der Waals surface area contributed by atoms with Gasteiger partial charge in [-0.2, -0.15) is 0 Å². The van der Waals surface area contributed by atoms with Crippen LogP contribution in [0.1, 0.15) is 23.6 Å². The first-order valence-corrected chi connectivity index (χ1v) is 5.99. The highest BCUT2D eigenvalue weighted by atomic mass is 16.3. The van der Waals surface area contributed by atoms with Crippen molar-refractivity contribution in [3.05, 3.63) is 59.2 Å². The number of aryl methyl sites for hydroxylation is 2. The molecule has 0 aliphatic carbocycles. The molecule has 0 unspecified atom stereocenters. The molecule has 0 aromatic heterocycles. The lowest BCUT2D eigenvalue weighted by Crippen LogP contribution is -1.97. The standard InChI is InChI=1S/C16H17NO/c1-11-9-12(2)16(18)15(10-11)13(3)17-14-7-5-4-6-8-14/h4-10,18H,1-3H3/b17-13+. The van der Waals surface area contributed by atoms with E-state index in [1.54, 1.807) is 0 Å². The van der Waals surface area contributed by atoms with Gasteiger partial charge in [-0.1, -0.05) is 24.3 Å². The third kappa shape index (κ3) is 2.59. The number of aliphatic imine (C=N–C) groups is 1. The Labute approximate surface area is 108 Å². The van der Waals surface area contributed by atoms with Crippen LogP contribution < -0.4 is 0 Å². The van der Waals surface area contributed by atoms with E-state index >= 15 is 0 Å². The number of phenols is 1. The SMILES string of the molecule is C/C(=N\c1ccccc1)c1cc(C)cc(C)c1O. The zero-order valence-electron chi connectivity index (χ0n) is 10.9. The van der Waals surface area contributed by atoms with E-state index in [1.165, 1.54) is 0 Å². The summed E-state index contributed by atoms with van der Waals surface area (Å²) < 4.78 is 0. The summed E-state index contributed by atoms with van der Waals surface area (Å²) in [6.07, 6.45) is 0. The summed E-state index contributed by atoms with van der Waals surface area (Å²) in [6, 6.07) is 13.7. The van der Waals surface area contributed by atoms with Crippen LogP contribution in [0.4, 0.5) is 5.69 Å². The van der Waals surface area contributed by atoms with E-state index in [4.69, 9.17) is 0 Å². The fraction of sp³-hybridized carbons (Fsp3) is 0.188. The number of benzene rings is 2. The average Bonchev–Trinajstić information content (AvgIpc) is 2.35. The molecule has 0 atom stereocenters. The lowest BCUT2D eigenvalue weighted by Gasteiger charge is -2.08. The number of phenolic OH excluding ortho intramolecular Hbond substituents is 1. The Morgan fingerprint density at radius 2 is 1.72 bits per heavy atom. The molecular formula is C16H17NO. The second-order valence-electron chi connectivity index (χ2n) is 4.51. The van der Waals surface area contributed by atoms with Crippen molar-refractivity contribution in [1.82, 2.24) is 0 Å². The van der Waals surface area contributed by atoms with E-state index in [9.17, 15) is 5.11 Å². The van der Waals surface area contributed by atoms with Crippen molar-refractivity contribution >= 4 is 11.4 Å². The second kappa shape index (κ2) is 5.05. The van der Waals surface area contributed by atoms with Gasteiger partial charge in [-0.3, -0.25) is 4.99 Å². The van der Waals surface area contributed by atoms with Gasteiger partial charge in [0.15, 0.2) is 0 Å². The first-order chi connectivity index (χ1) is 8.58. The van der Waals surface area contributed by atoms with Crippen LogP contribution in [0, 0.1) is 13.8 Å². The number of para-hydroxylation sites is 1. The molecule has 2 aromatic carbocycles. The fourth-order valence-corrected chi connectivity index (χ4v) is 1.99. The quantitative estimate of drug-likeness (QED) is 0.784. The highest BCUT2D eigenvalue weighted by Crippen LogP contribution is 2.25. The van der Waals surface area contributed by atoms with Crippen LogP contribution in [0.15, 0.2) is 47.5 Å². The molecule has 0 aliphatic rings. The number of nitrogens with zero attached hydrogens (tertiary/aromatic N) is 1. The molecule has 2 nitrogen and oxygen atoms in total. The maximum atomic E-state index is 10.1. The Hall–Kier alpha value is -2.09. The van der Waals surface area contributed by atoms with Crippen LogP contribution in [0.5, 0.6) is 5.75 Å². The molecule has 0 saturated heterocycles. The molecule has 18 heavy (non-hydrogen) atoms. The van der Waals surface area contributed by atoms with Gasteiger partial charge in [0, 0.05) is 11.3 Å². The maximum absolute atomic E-state index is 10.1. The number of hydrogen-bond donors (Lipinski definition) is 1. The van der Waals surface area contributed by atoms with Gasteiger partial charge < -0.3 is 5.11 Å². The van der Waals surface area contributed by atoms with Crippen LogP contribution in [-0.4, -0.2) is 10.8 Å². The lowest BCUT2D eigenvalue weighted by molar-refractivity contribution is 0.470. The minimum atomic E-state index is 0.317. The summed E-state index contributed by atoms with van der Waals surface area (Å²) in [5.41, 5.74) is 4.53. The number of aromatic hydroxyl groups is 1. The van der Waals surface area contributed by atoms with Crippen LogP contribution in [-0.2, 0) is 0 Å². The van der Waals surface area contributed by atoms with Crippen molar-refractivity contribution in [2.45, 2.75) is 20.8 Å². The second-order valence-corrected chi connectivity index (χ2v) is 4.51. The highest BCUT2D eigenvalue weighted by Gasteiger charge is 2.08. The largest absolute Gasteiger partial charge is 0.507 e. The molecule has 0 heterocycles. The zero-order chi connectivity index (χ0) is 13.1. The molecule has 0 spiro atoms. The van der Waals surface area contributed by atoms with E-state index in [-0.39, 0.29) is 0 Å².